The van der Waals surface area contributed by atoms with Crippen LogP contribution in [0.4, 0.5) is 22.7 Å². The molecule has 4 aromatic rings. The zero-order chi connectivity index (χ0) is 35.6. The van der Waals surface area contributed by atoms with E-state index in [1.54, 1.807) is 0 Å². The van der Waals surface area contributed by atoms with Crippen LogP contribution in [0.2, 0.25) is 0 Å². The van der Waals surface area contributed by atoms with Crippen molar-refractivity contribution in [3.63, 3.8) is 0 Å². The molecular formula is C42H45N8PPt2. The first-order valence-electron chi connectivity index (χ1n) is 17.8. The third kappa shape index (κ3) is 7.54. The Labute approximate surface area is 346 Å². The molecule has 0 atom stereocenters. The number of rotatable bonds is 9. The van der Waals surface area contributed by atoms with Crippen LogP contribution >= 0.6 is 7.53 Å². The Kier molecular flexibility index (Phi) is 11.8. The summed E-state index contributed by atoms with van der Waals surface area (Å²) in [6.07, 6.45) is 17.0. The van der Waals surface area contributed by atoms with Crippen LogP contribution in [0.5, 0.6) is 0 Å². The van der Waals surface area contributed by atoms with Gasteiger partial charge in [0.2, 0.25) is 0 Å². The molecule has 0 saturated heterocycles. The number of anilines is 4. The van der Waals surface area contributed by atoms with E-state index < -0.39 is 7.53 Å². The summed E-state index contributed by atoms with van der Waals surface area (Å²) in [4.78, 5) is 17.6. The first-order chi connectivity index (χ1) is 24.5. The molecule has 0 radical (unpaired) electrons. The molecule has 0 aliphatic carbocycles. The topological polar surface area (TPSA) is 25.9 Å². The van der Waals surface area contributed by atoms with E-state index in [0.29, 0.717) is 24.2 Å². The second kappa shape index (κ2) is 15.8. The van der Waals surface area contributed by atoms with E-state index in [-0.39, 0.29) is 42.1 Å². The van der Waals surface area contributed by atoms with Crippen LogP contribution < -0.4 is 19.6 Å². The third-order valence-corrected chi connectivity index (χ3v) is 11.9. The van der Waals surface area contributed by atoms with Gasteiger partial charge in [0.05, 0.1) is 0 Å². The van der Waals surface area contributed by atoms with Crippen molar-refractivity contribution in [3.05, 3.63) is 131 Å². The minimum Gasteiger partial charge on any atom is -0.520 e. The van der Waals surface area contributed by atoms with Crippen LogP contribution in [0.15, 0.2) is 79.9 Å². The van der Waals surface area contributed by atoms with Crippen LogP contribution in [0, 0.1) is 50.9 Å². The maximum absolute atomic E-state index is 3.91. The van der Waals surface area contributed by atoms with Crippen molar-refractivity contribution >= 4 is 51.3 Å². The van der Waals surface area contributed by atoms with Gasteiger partial charge in [0.15, 0.2) is 0 Å². The fourth-order valence-corrected chi connectivity index (χ4v) is 8.95. The Hall–Kier alpha value is -3.30. The number of hydrogen-bond acceptors (Lipinski definition) is 8. The predicted molar refractivity (Wildman–Crippen MR) is 212 cm³/mol. The number of fused-ring (bicyclic) bond motifs is 3. The minimum atomic E-state index is -1.12. The average Bonchev–Trinajstić information content (AvgIpc) is 3.96. The molecule has 4 aliphatic heterocycles. The molecule has 0 fully saturated rings. The van der Waals surface area contributed by atoms with Gasteiger partial charge < -0.3 is 51.3 Å². The summed E-state index contributed by atoms with van der Waals surface area (Å²) in [5.74, 6) is 0. The molecule has 0 bridgehead atoms. The molecule has 4 aliphatic rings. The van der Waals surface area contributed by atoms with E-state index >= 15 is 0 Å². The van der Waals surface area contributed by atoms with Crippen LogP contribution in [0.25, 0.3) is 26.3 Å². The second-order valence-electron chi connectivity index (χ2n) is 14.5. The molecule has 8 nitrogen and oxygen atoms in total. The molecule has 0 N–H and O–H groups in total. The van der Waals surface area contributed by atoms with E-state index in [2.05, 4.69) is 225 Å². The molecule has 5 heterocycles. The molecular weight excluding hydrogens is 1040 g/mol. The van der Waals surface area contributed by atoms with E-state index in [9.17, 15) is 0 Å². The van der Waals surface area contributed by atoms with Crippen molar-refractivity contribution in [2.45, 2.75) is 79.6 Å². The maximum Gasteiger partial charge on any atom is 4.00 e. The van der Waals surface area contributed by atoms with Crippen LogP contribution in [0.1, 0.15) is 55.4 Å². The summed E-state index contributed by atoms with van der Waals surface area (Å²) in [6.45, 7) is 26.2. The minimum absolute atomic E-state index is 0. The normalized spacial score (nSPS) is 16.9. The van der Waals surface area contributed by atoms with E-state index in [4.69, 9.17) is 0 Å². The fraction of sp³-hybridized carbons (Fsp3) is 0.286. The van der Waals surface area contributed by atoms with Crippen molar-refractivity contribution in [2.24, 2.45) is 0 Å². The fourth-order valence-electron chi connectivity index (χ4n) is 6.50. The molecule has 278 valence electrons. The molecule has 0 unspecified atom stereocenters. The van der Waals surface area contributed by atoms with Gasteiger partial charge in [0.1, 0.15) is 0 Å². The molecule has 0 amide bonds. The second-order valence-corrected chi connectivity index (χ2v) is 16.5. The van der Waals surface area contributed by atoms with E-state index in [1.165, 1.54) is 21.0 Å². The smallest absolute Gasteiger partial charge is 0.520 e. The molecule has 0 saturated carbocycles. The van der Waals surface area contributed by atoms with Crippen molar-refractivity contribution < 1.29 is 42.1 Å². The van der Waals surface area contributed by atoms with Gasteiger partial charge in [-0.05, 0) is 129 Å². The molecule has 0 spiro atoms. The Morgan fingerprint density at radius 1 is 0.434 bits per heavy atom. The number of hydrogen-bond donors (Lipinski definition) is 0. The summed E-state index contributed by atoms with van der Waals surface area (Å²) in [6, 6.07) is 28.1. The van der Waals surface area contributed by atoms with Crippen LogP contribution in [-0.2, 0) is 42.1 Å². The molecule has 1 aromatic heterocycles. The van der Waals surface area contributed by atoms with Gasteiger partial charge in [-0.3, -0.25) is 0 Å². The summed E-state index contributed by atoms with van der Waals surface area (Å²) in [5.41, 5.74) is 3.97. The van der Waals surface area contributed by atoms with Crippen molar-refractivity contribution in [1.82, 2.24) is 19.6 Å². The van der Waals surface area contributed by atoms with Crippen molar-refractivity contribution in [1.29, 1.82) is 0 Å². The Bertz CT molecular complexity index is 1930. The van der Waals surface area contributed by atoms with Gasteiger partial charge in [0, 0.05) is 0 Å². The standard InChI is InChI=1S/C42H45N8P.2Pt/c1-30(2)43-13-17-47(26-43)34-9-11-39-40-12-10-35(48-18-14-44(27-48)31(3)4)25-42(40)51(41(39)24-34)38-22-36(49-19-15-45(28-49)32(5)6)21-37(23-38)50-20-16-46(29-50)33(7)8;;/h9-21,26-33H,1-8H3;;/q-8;2*+4. The largest absolute Gasteiger partial charge is 4.00 e. The predicted octanol–water partition coefficient (Wildman–Crippen LogP) is 9.65. The Morgan fingerprint density at radius 2 is 0.755 bits per heavy atom. The van der Waals surface area contributed by atoms with Gasteiger partial charge in [-0.2, -0.15) is 69.2 Å². The van der Waals surface area contributed by atoms with Crippen molar-refractivity contribution in [2.75, 3.05) is 19.6 Å². The third-order valence-electron chi connectivity index (χ3n) is 9.67. The maximum atomic E-state index is 3.91. The first kappa shape index (κ1) is 39.4. The molecule has 3 aromatic carbocycles. The summed E-state index contributed by atoms with van der Waals surface area (Å²) < 4.78 is 0. The van der Waals surface area contributed by atoms with Gasteiger partial charge in [-0.25, -0.2) is 22.7 Å². The SMILES string of the molecule is CC(C)N1C=CN(c2[c-]c3c(cc2)c2ccc(N4C=CN(C(C)C)[CH-]4)[c-]c2p3-c2[c-]c(N3C=CN(C(C)C)[CH-]3)cc(N3C=CN(C(C)C)[CH-]3)[c-]2)[CH-]1.[Pt+4].[Pt+4]. The summed E-state index contributed by atoms with van der Waals surface area (Å²) in [5, 5.41) is 5.75. The zero-order valence-corrected chi connectivity index (χ0v) is 36.7. The summed E-state index contributed by atoms with van der Waals surface area (Å²) >= 11 is 0. The number of benzene rings is 3. The quantitative estimate of drug-likeness (QED) is 0.153. The van der Waals surface area contributed by atoms with Crippen LogP contribution in [0.3, 0.4) is 0 Å². The van der Waals surface area contributed by atoms with Gasteiger partial charge >= 0.3 is 42.1 Å². The number of nitrogens with zero attached hydrogens (tertiary/aromatic N) is 8. The Morgan fingerprint density at radius 3 is 1.06 bits per heavy atom. The van der Waals surface area contributed by atoms with E-state index in [0.717, 1.165) is 28.1 Å². The van der Waals surface area contributed by atoms with Gasteiger partial charge in [0.25, 0.3) is 0 Å². The average molecular weight is 1080 g/mol. The van der Waals surface area contributed by atoms with Gasteiger partial charge in [-0.15, -0.1) is 33.7 Å². The first-order valence-corrected chi connectivity index (χ1v) is 19.2. The molecule has 11 heteroatoms. The van der Waals surface area contributed by atoms with Gasteiger partial charge in [-0.1, -0.05) is 0 Å². The van der Waals surface area contributed by atoms with E-state index in [1.807, 2.05) is 0 Å². The van der Waals surface area contributed by atoms with Crippen LogP contribution in [-0.4, -0.2) is 43.8 Å². The molecule has 8 rings (SSSR count). The molecule has 53 heavy (non-hydrogen) atoms. The Balaban J connectivity index is 0.00000240. The van der Waals surface area contributed by atoms with Crippen molar-refractivity contribution in [3.8, 4) is 5.30 Å². The zero-order valence-electron chi connectivity index (χ0n) is 31.3. The monoisotopic (exact) mass is 1080 g/mol. The summed E-state index contributed by atoms with van der Waals surface area (Å²) in [7, 11) is -1.12.